The monoisotopic (exact) mass is 432 g/mol. The number of hydrogen-bond donors (Lipinski definition) is 0. The van der Waals surface area contributed by atoms with Crippen molar-refractivity contribution in [2.24, 2.45) is 16.7 Å². The summed E-state index contributed by atoms with van der Waals surface area (Å²) in [6.07, 6.45) is -8.82. The van der Waals surface area contributed by atoms with Crippen LogP contribution in [0.2, 0.25) is 0 Å². The van der Waals surface area contributed by atoms with Crippen molar-refractivity contribution in [3.05, 3.63) is 0 Å². The second-order valence-electron chi connectivity index (χ2n) is 8.95. The molecule has 0 spiro atoms. The summed E-state index contributed by atoms with van der Waals surface area (Å²) in [6, 6.07) is 0. The maximum Gasteiger partial charge on any atom is 0.460 e. The summed E-state index contributed by atoms with van der Waals surface area (Å²) in [5.41, 5.74) is -1.08. The number of hydrogen-bond acceptors (Lipinski definition) is 2. The summed E-state index contributed by atoms with van der Waals surface area (Å²) < 4.78 is 120. The van der Waals surface area contributed by atoms with Crippen LogP contribution in [-0.4, -0.2) is 36.5 Å². The third-order valence-corrected chi connectivity index (χ3v) is 4.02. The fourth-order valence-corrected chi connectivity index (χ4v) is 2.30. The fraction of sp³-hybridized carbons (Fsp3) is 0.941. The van der Waals surface area contributed by atoms with Crippen LogP contribution in [-0.2, 0) is 9.53 Å². The van der Waals surface area contributed by atoms with Gasteiger partial charge < -0.3 is 4.74 Å². The van der Waals surface area contributed by atoms with Gasteiger partial charge in [-0.1, -0.05) is 41.5 Å². The Morgan fingerprint density at radius 1 is 0.786 bits per heavy atom. The molecule has 1 atom stereocenters. The van der Waals surface area contributed by atoms with E-state index >= 15 is 0 Å². The number of halogens is 9. The molecule has 0 bridgehead atoms. The van der Waals surface area contributed by atoms with E-state index in [-0.39, 0.29) is 11.8 Å². The predicted octanol–water partition coefficient (Wildman–Crippen LogP) is 6.49. The van der Waals surface area contributed by atoms with E-state index in [2.05, 4.69) is 4.74 Å². The zero-order valence-electron chi connectivity index (χ0n) is 16.4. The molecule has 0 fully saturated rings. The second kappa shape index (κ2) is 7.93. The molecule has 1 unspecified atom stereocenters. The Morgan fingerprint density at radius 3 is 1.54 bits per heavy atom. The van der Waals surface area contributed by atoms with Gasteiger partial charge >= 0.3 is 29.9 Å². The molecule has 2 nitrogen and oxygen atoms in total. The maximum absolute atomic E-state index is 13.5. The molecule has 0 aliphatic heterocycles. The van der Waals surface area contributed by atoms with E-state index < -0.39 is 54.3 Å². The zero-order chi connectivity index (χ0) is 23.0. The highest BCUT2D eigenvalue weighted by atomic mass is 19.4. The van der Waals surface area contributed by atoms with Crippen molar-refractivity contribution in [3.8, 4) is 0 Å². The van der Waals surface area contributed by atoms with Crippen molar-refractivity contribution in [2.45, 2.75) is 78.3 Å². The van der Waals surface area contributed by atoms with Crippen molar-refractivity contribution in [2.75, 3.05) is 6.61 Å². The number of carbonyl (C=O) groups excluding carboxylic acids is 1. The molecule has 0 aliphatic carbocycles. The number of esters is 1. The van der Waals surface area contributed by atoms with Crippen molar-refractivity contribution in [1.82, 2.24) is 0 Å². The molecule has 0 N–H and O–H groups in total. The minimum absolute atomic E-state index is 0.244. The van der Waals surface area contributed by atoms with E-state index in [1.54, 1.807) is 41.5 Å². The SMILES string of the molecule is CC(C)(C)CC(C(=O)OCCC(F)(F)C(F)(F)C(F)(F)C(F)(F)F)C(C)(C)C. The lowest BCUT2D eigenvalue weighted by Crippen LogP contribution is -2.61. The molecule has 0 aromatic carbocycles. The Labute approximate surface area is 157 Å². The Kier molecular flexibility index (Phi) is 7.60. The van der Waals surface area contributed by atoms with Crippen molar-refractivity contribution in [1.29, 1.82) is 0 Å². The van der Waals surface area contributed by atoms with Gasteiger partial charge in [-0.15, -0.1) is 0 Å². The molecule has 0 radical (unpaired) electrons. The van der Waals surface area contributed by atoms with Crippen LogP contribution in [0.4, 0.5) is 39.5 Å². The first-order chi connectivity index (χ1) is 12.0. The van der Waals surface area contributed by atoms with Gasteiger partial charge in [0.2, 0.25) is 0 Å². The van der Waals surface area contributed by atoms with Crippen LogP contribution in [0.15, 0.2) is 0 Å². The first kappa shape index (κ1) is 26.8. The van der Waals surface area contributed by atoms with Crippen molar-refractivity contribution in [3.63, 3.8) is 0 Å². The summed E-state index contributed by atoms with van der Waals surface area (Å²) in [6.45, 7) is 8.87. The molecule has 0 aromatic heterocycles. The van der Waals surface area contributed by atoms with Gasteiger partial charge in [-0.05, 0) is 17.3 Å². The molecule has 0 heterocycles. The van der Waals surface area contributed by atoms with Crippen LogP contribution in [0.3, 0.4) is 0 Å². The van der Waals surface area contributed by atoms with Crippen molar-refractivity contribution >= 4 is 5.97 Å². The van der Waals surface area contributed by atoms with Gasteiger partial charge in [-0.3, -0.25) is 4.79 Å². The molecule has 0 aromatic rings. The van der Waals surface area contributed by atoms with Crippen LogP contribution >= 0.6 is 0 Å². The predicted molar refractivity (Wildman–Crippen MR) is 83.5 cm³/mol. The maximum atomic E-state index is 13.5. The smallest absolute Gasteiger partial charge is 0.460 e. The highest BCUT2D eigenvalue weighted by Gasteiger charge is 2.81. The molecule has 28 heavy (non-hydrogen) atoms. The second-order valence-corrected chi connectivity index (χ2v) is 8.95. The summed E-state index contributed by atoms with van der Waals surface area (Å²) in [5.74, 6) is -21.3. The molecular weight excluding hydrogens is 407 g/mol. The molecule has 168 valence electrons. The first-order valence-electron chi connectivity index (χ1n) is 8.34. The lowest BCUT2D eigenvalue weighted by atomic mass is 9.72. The summed E-state index contributed by atoms with van der Waals surface area (Å²) in [5, 5.41) is 0. The Balaban J connectivity index is 5.25. The Bertz CT molecular complexity index is 540. The van der Waals surface area contributed by atoms with E-state index in [0.717, 1.165) is 0 Å². The van der Waals surface area contributed by atoms with Gasteiger partial charge in [0, 0.05) is 0 Å². The van der Waals surface area contributed by atoms with E-state index in [4.69, 9.17) is 0 Å². The zero-order valence-corrected chi connectivity index (χ0v) is 16.4. The van der Waals surface area contributed by atoms with Gasteiger partial charge in [0.15, 0.2) is 0 Å². The molecule has 11 heteroatoms. The number of alkyl halides is 9. The number of rotatable bonds is 7. The van der Waals surface area contributed by atoms with Gasteiger partial charge in [0.05, 0.1) is 18.9 Å². The van der Waals surface area contributed by atoms with Crippen LogP contribution in [0.1, 0.15) is 54.4 Å². The number of carbonyl (C=O) groups is 1. The molecular formula is C17H25F9O2. The summed E-state index contributed by atoms with van der Waals surface area (Å²) in [4.78, 5) is 12.2. The Morgan fingerprint density at radius 2 is 1.21 bits per heavy atom. The third kappa shape index (κ3) is 6.17. The molecule has 0 saturated carbocycles. The van der Waals surface area contributed by atoms with Gasteiger partial charge in [-0.2, -0.15) is 39.5 Å². The summed E-state index contributed by atoms with van der Waals surface area (Å²) >= 11 is 0. The summed E-state index contributed by atoms with van der Waals surface area (Å²) in [7, 11) is 0. The first-order valence-corrected chi connectivity index (χ1v) is 8.34. The van der Waals surface area contributed by atoms with E-state index in [0.29, 0.717) is 0 Å². The quantitative estimate of drug-likeness (QED) is 0.340. The van der Waals surface area contributed by atoms with E-state index in [1.807, 2.05) is 0 Å². The van der Waals surface area contributed by atoms with Crippen LogP contribution in [0, 0.1) is 16.7 Å². The average molecular weight is 432 g/mol. The molecule has 0 saturated heterocycles. The topological polar surface area (TPSA) is 26.3 Å². The number of ether oxygens (including phenoxy) is 1. The average Bonchev–Trinajstić information content (AvgIpc) is 2.40. The normalized spacial score (nSPS) is 16.1. The van der Waals surface area contributed by atoms with Gasteiger partial charge in [-0.25, -0.2) is 0 Å². The Hall–Kier alpha value is -1.16. The lowest BCUT2D eigenvalue weighted by Gasteiger charge is -2.35. The van der Waals surface area contributed by atoms with Crippen molar-refractivity contribution < 1.29 is 49.0 Å². The lowest BCUT2D eigenvalue weighted by molar-refractivity contribution is -0.397. The minimum atomic E-state index is -6.95. The highest BCUT2D eigenvalue weighted by Crippen LogP contribution is 2.54. The largest absolute Gasteiger partial charge is 0.465 e. The van der Waals surface area contributed by atoms with E-state index in [1.165, 1.54) is 0 Å². The van der Waals surface area contributed by atoms with E-state index in [9.17, 15) is 44.3 Å². The molecule has 0 rings (SSSR count). The molecule has 0 aliphatic rings. The van der Waals surface area contributed by atoms with Crippen LogP contribution in [0.25, 0.3) is 0 Å². The highest BCUT2D eigenvalue weighted by molar-refractivity contribution is 5.73. The van der Waals surface area contributed by atoms with Gasteiger partial charge in [0.1, 0.15) is 0 Å². The standard InChI is InChI=1S/C17H25F9O2/c1-12(2,3)9-10(13(4,5)6)11(27)28-8-7-14(18,19)15(20,21)16(22,23)17(24,25)26/h10H,7-9H2,1-6H3. The fourth-order valence-electron chi connectivity index (χ4n) is 2.30. The van der Waals surface area contributed by atoms with Crippen LogP contribution in [0.5, 0.6) is 0 Å². The molecule has 0 amide bonds. The minimum Gasteiger partial charge on any atom is -0.465 e. The third-order valence-electron chi connectivity index (χ3n) is 4.02. The van der Waals surface area contributed by atoms with Crippen LogP contribution < -0.4 is 0 Å². The van der Waals surface area contributed by atoms with Gasteiger partial charge in [0.25, 0.3) is 0 Å².